The van der Waals surface area contributed by atoms with E-state index in [0.717, 1.165) is 21.7 Å². The van der Waals surface area contributed by atoms with Crippen LogP contribution in [0.25, 0.3) is 36.8 Å². The molecule has 0 saturated heterocycles. The highest BCUT2D eigenvalue weighted by molar-refractivity contribution is 7.25. The van der Waals surface area contributed by atoms with Crippen LogP contribution in [0.3, 0.4) is 0 Å². The molecule has 2 aromatic heterocycles. The molecular formula is C19H9ClNOS+. The smallest absolute Gasteiger partial charge is 0.255 e. The zero-order valence-corrected chi connectivity index (χ0v) is 13.4. The van der Waals surface area contributed by atoms with Crippen LogP contribution in [-0.4, -0.2) is 4.98 Å². The summed E-state index contributed by atoms with van der Waals surface area (Å²) in [6.45, 7) is 0. The molecule has 0 aliphatic heterocycles. The molecule has 0 saturated carbocycles. The summed E-state index contributed by atoms with van der Waals surface area (Å²) >= 11 is 7.82. The van der Waals surface area contributed by atoms with Gasteiger partial charge in [0.25, 0.3) is 5.89 Å². The Hall–Kier alpha value is -2.45. The molecule has 4 aromatic rings. The van der Waals surface area contributed by atoms with E-state index in [0.29, 0.717) is 5.89 Å². The molecule has 2 heterocycles. The van der Waals surface area contributed by atoms with Gasteiger partial charge in [0.2, 0.25) is 0 Å². The van der Waals surface area contributed by atoms with E-state index in [9.17, 15) is 0 Å². The molecule has 2 nitrogen and oxygen atoms in total. The third kappa shape index (κ3) is 2.02. The summed E-state index contributed by atoms with van der Waals surface area (Å²) in [4.78, 5) is 4.62. The number of thiophene rings is 1. The molecular weight excluding hydrogens is 326 g/mol. The van der Waals surface area contributed by atoms with Gasteiger partial charge in [0.05, 0.1) is 12.2 Å². The number of benzene rings is 2. The van der Waals surface area contributed by atoms with Crippen LogP contribution in [0.2, 0.25) is 5.02 Å². The number of halogens is 1. The summed E-state index contributed by atoms with van der Waals surface area (Å²) in [5.74, 6) is 0.638. The average molecular weight is 335 g/mol. The van der Waals surface area contributed by atoms with Gasteiger partial charge in [-0.2, -0.15) is 0 Å². The van der Waals surface area contributed by atoms with Gasteiger partial charge in [0, 0.05) is 31.3 Å². The Morgan fingerprint density at radius 1 is 1.09 bits per heavy atom. The van der Waals surface area contributed by atoms with Crippen molar-refractivity contribution in [3.8, 4) is 0 Å². The largest absolute Gasteiger partial charge is 0.434 e. The lowest BCUT2D eigenvalue weighted by Gasteiger charge is -1.92. The Balaban J connectivity index is 1.77. The minimum atomic E-state index is 0.638. The summed E-state index contributed by atoms with van der Waals surface area (Å²) < 4.78 is 8.33. The molecule has 1 aliphatic rings. The molecule has 0 fully saturated rings. The summed E-state index contributed by atoms with van der Waals surface area (Å²) in [5, 5.41) is 3.14. The molecule has 0 N–H and O–H groups in total. The van der Waals surface area contributed by atoms with Crippen molar-refractivity contribution in [2.24, 2.45) is 0 Å². The number of nitrogens with zero attached hydrogens (tertiary/aromatic N) is 1. The predicted octanol–water partition coefficient (Wildman–Crippen LogP) is 6.16. The van der Waals surface area contributed by atoms with E-state index < -0.39 is 0 Å². The second kappa shape index (κ2) is 4.77. The van der Waals surface area contributed by atoms with E-state index in [-0.39, 0.29) is 0 Å². The van der Waals surface area contributed by atoms with Crippen molar-refractivity contribution < 1.29 is 4.42 Å². The topological polar surface area (TPSA) is 26.0 Å². The summed E-state index contributed by atoms with van der Waals surface area (Å²) in [6, 6.07) is 10.1. The highest BCUT2D eigenvalue weighted by atomic mass is 35.5. The fourth-order valence-corrected chi connectivity index (χ4v) is 4.22. The SMILES string of the molecule is Clc1ccc2c(c1)sc1cc3nc(C4=CC=[C+]C=C4)oc3cc12. The van der Waals surface area contributed by atoms with Crippen molar-refractivity contribution in [3.63, 3.8) is 0 Å². The number of oxazole rings is 1. The number of allylic oxidation sites excluding steroid dienone is 6. The number of hydrogen-bond acceptors (Lipinski definition) is 3. The predicted molar refractivity (Wildman–Crippen MR) is 96.8 cm³/mol. The first-order chi connectivity index (χ1) is 11.3. The Kier molecular flexibility index (Phi) is 2.70. The van der Waals surface area contributed by atoms with Gasteiger partial charge in [-0.15, -0.1) is 11.3 Å². The van der Waals surface area contributed by atoms with Crippen molar-refractivity contribution in [2.45, 2.75) is 0 Å². The molecule has 5 rings (SSSR count). The average Bonchev–Trinajstić information content (AvgIpc) is 3.13. The van der Waals surface area contributed by atoms with Crippen LogP contribution < -0.4 is 0 Å². The van der Waals surface area contributed by atoms with E-state index in [1.54, 1.807) is 11.3 Å². The monoisotopic (exact) mass is 334 g/mol. The zero-order chi connectivity index (χ0) is 15.4. The standard InChI is InChI=1S/C19H9ClNOS/c20-12-6-7-13-14-9-16-15(10-18(14)23-17(13)8-12)21-19(22-16)11-4-2-1-3-5-11/h2-10H/q+1. The van der Waals surface area contributed by atoms with Gasteiger partial charge in [0.1, 0.15) is 23.2 Å². The molecule has 2 aromatic carbocycles. The quantitative estimate of drug-likeness (QED) is 0.389. The zero-order valence-electron chi connectivity index (χ0n) is 11.8. The molecule has 0 unspecified atom stereocenters. The Bertz CT molecular complexity index is 1180. The van der Waals surface area contributed by atoms with E-state index in [4.69, 9.17) is 16.0 Å². The maximum atomic E-state index is 6.09. The fourth-order valence-electron chi connectivity index (χ4n) is 2.82. The third-order valence-corrected chi connectivity index (χ3v) is 5.26. The van der Waals surface area contributed by atoms with Gasteiger partial charge in [-0.05, 0) is 24.3 Å². The van der Waals surface area contributed by atoms with Crippen molar-refractivity contribution in [1.29, 1.82) is 0 Å². The lowest BCUT2D eigenvalue weighted by Crippen LogP contribution is -1.81. The summed E-state index contributed by atoms with van der Waals surface area (Å²) in [6.07, 6.45) is 10.6. The third-order valence-electron chi connectivity index (χ3n) is 3.91. The van der Waals surface area contributed by atoms with Crippen LogP contribution in [0, 0.1) is 6.08 Å². The highest BCUT2D eigenvalue weighted by Crippen LogP contribution is 2.38. The number of rotatable bonds is 1. The fraction of sp³-hybridized carbons (Fsp3) is 0. The summed E-state index contributed by atoms with van der Waals surface area (Å²) in [7, 11) is 0. The first-order valence-corrected chi connectivity index (χ1v) is 8.36. The molecule has 0 amide bonds. The van der Waals surface area contributed by atoms with Crippen molar-refractivity contribution >= 4 is 59.8 Å². The molecule has 0 radical (unpaired) electrons. The van der Waals surface area contributed by atoms with Crippen molar-refractivity contribution in [3.05, 3.63) is 71.6 Å². The first kappa shape index (κ1) is 13.0. The molecule has 1 aliphatic carbocycles. The molecule has 108 valence electrons. The van der Waals surface area contributed by atoms with Gasteiger partial charge < -0.3 is 4.42 Å². The Morgan fingerprint density at radius 2 is 2.00 bits per heavy atom. The second-order valence-electron chi connectivity index (χ2n) is 5.37. The number of fused-ring (bicyclic) bond motifs is 4. The Labute approximate surface area is 141 Å². The van der Waals surface area contributed by atoms with E-state index in [2.05, 4.69) is 29.3 Å². The van der Waals surface area contributed by atoms with Gasteiger partial charge >= 0.3 is 0 Å². The van der Waals surface area contributed by atoms with Crippen molar-refractivity contribution in [1.82, 2.24) is 4.98 Å². The van der Waals surface area contributed by atoms with Crippen LogP contribution in [0.4, 0.5) is 0 Å². The minimum absolute atomic E-state index is 0.638. The molecule has 4 heteroatoms. The van der Waals surface area contributed by atoms with E-state index >= 15 is 0 Å². The number of aromatic nitrogens is 1. The normalized spacial score (nSPS) is 13.9. The van der Waals surface area contributed by atoms with Crippen LogP contribution >= 0.6 is 22.9 Å². The lowest BCUT2D eigenvalue weighted by molar-refractivity contribution is 0.586. The highest BCUT2D eigenvalue weighted by Gasteiger charge is 2.16. The van der Waals surface area contributed by atoms with Crippen LogP contribution in [0.1, 0.15) is 5.89 Å². The first-order valence-electron chi connectivity index (χ1n) is 7.17. The maximum Gasteiger partial charge on any atom is 0.255 e. The lowest BCUT2D eigenvalue weighted by atomic mass is 10.1. The van der Waals surface area contributed by atoms with Crippen molar-refractivity contribution in [2.75, 3.05) is 0 Å². The van der Waals surface area contributed by atoms with E-state index in [1.165, 1.54) is 20.2 Å². The van der Waals surface area contributed by atoms with Crippen LogP contribution in [-0.2, 0) is 0 Å². The second-order valence-corrected chi connectivity index (χ2v) is 6.89. The molecule has 0 spiro atoms. The van der Waals surface area contributed by atoms with Crippen LogP contribution in [0.5, 0.6) is 0 Å². The van der Waals surface area contributed by atoms with Crippen LogP contribution in [0.15, 0.2) is 59.1 Å². The van der Waals surface area contributed by atoms with Gasteiger partial charge in [-0.25, -0.2) is 4.98 Å². The van der Waals surface area contributed by atoms with Gasteiger partial charge in [-0.1, -0.05) is 17.7 Å². The molecule has 0 bridgehead atoms. The Morgan fingerprint density at radius 3 is 2.87 bits per heavy atom. The maximum absolute atomic E-state index is 6.09. The van der Waals surface area contributed by atoms with Gasteiger partial charge in [-0.3, -0.25) is 0 Å². The number of hydrogen-bond donors (Lipinski definition) is 0. The minimum Gasteiger partial charge on any atom is -0.434 e. The summed E-state index contributed by atoms with van der Waals surface area (Å²) in [5.41, 5.74) is 2.63. The van der Waals surface area contributed by atoms with E-state index in [1.807, 2.05) is 36.4 Å². The molecule has 0 atom stereocenters. The van der Waals surface area contributed by atoms with Gasteiger partial charge in [0.15, 0.2) is 5.58 Å². The molecule has 23 heavy (non-hydrogen) atoms.